The first-order chi connectivity index (χ1) is 14.2. The number of carbonyl (C=O) groups excluding carboxylic acids is 1. The smallest absolute Gasteiger partial charge is 0.343 e. The van der Waals surface area contributed by atoms with Crippen LogP contribution in [0.15, 0.2) is 24.3 Å². The highest BCUT2D eigenvalue weighted by Gasteiger charge is 2.29. The maximum Gasteiger partial charge on any atom is 0.343 e. The Bertz CT molecular complexity index is 992. The Morgan fingerprint density at radius 2 is 1.70 bits per heavy atom. The van der Waals surface area contributed by atoms with Gasteiger partial charge in [-0.05, 0) is 43.9 Å². The molecule has 0 spiro atoms. The molecule has 0 saturated heterocycles. The molecule has 0 bridgehead atoms. The lowest BCUT2D eigenvalue weighted by molar-refractivity contribution is 0.0717. The van der Waals surface area contributed by atoms with E-state index in [9.17, 15) is 22.4 Å². The van der Waals surface area contributed by atoms with Crippen LogP contribution >= 0.6 is 0 Å². The van der Waals surface area contributed by atoms with Gasteiger partial charge in [-0.25, -0.2) is 22.4 Å². The van der Waals surface area contributed by atoms with Gasteiger partial charge in [0, 0.05) is 18.4 Å². The van der Waals surface area contributed by atoms with Crippen LogP contribution in [-0.4, -0.2) is 11.6 Å². The second-order valence-corrected chi connectivity index (χ2v) is 7.30. The molecule has 0 aliphatic heterocycles. The van der Waals surface area contributed by atoms with Crippen molar-refractivity contribution in [2.24, 2.45) is 0 Å². The Kier molecular flexibility index (Phi) is 6.45. The minimum Gasteiger partial charge on any atom is -0.416 e. The van der Waals surface area contributed by atoms with Crippen LogP contribution in [0.5, 0.6) is 5.75 Å². The third kappa shape index (κ3) is 4.64. The van der Waals surface area contributed by atoms with E-state index in [1.165, 1.54) is 24.3 Å². The van der Waals surface area contributed by atoms with E-state index in [1.807, 2.05) is 0 Å². The maximum absolute atomic E-state index is 15.0. The van der Waals surface area contributed by atoms with Gasteiger partial charge in [0.05, 0.1) is 5.56 Å². The number of esters is 1. The monoisotopic (exact) mass is 422 g/mol. The summed E-state index contributed by atoms with van der Waals surface area (Å²) in [7, 11) is 0. The zero-order valence-electron chi connectivity index (χ0n) is 16.3. The molecule has 0 fully saturated rings. The average molecular weight is 422 g/mol. The Labute approximate surface area is 171 Å². The number of ether oxygens (including phenoxy) is 1. The standard InChI is InChI=1S/C23H19F5O2/c1-14-17(24)19(26)20(27)21(18(14)25)30-22(29)16-9-7-15(8-10-16)13-23(28)11-5-3-2-4-6-12-23/h7-10H,2-5,11,13H2,1H3. The molecule has 1 aliphatic rings. The van der Waals surface area contributed by atoms with Gasteiger partial charge in [0.25, 0.3) is 0 Å². The van der Waals surface area contributed by atoms with Gasteiger partial charge in [0.1, 0.15) is 0 Å². The summed E-state index contributed by atoms with van der Waals surface area (Å²) in [6.45, 7) is 0.893. The molecule has 30 heavy (non-hydrogen) atoms. The van der Waals surface area contributed by atoms with E-state index >= 15 is 4.39 Å². The van der Waals surface area contributed by atoms with E-state index in [4.69, 9.17) is 0 Å². The third-order valence-corrected chi connectivity index (χ3v) is 5.00. The number of hydrogen-bond donors (Lipinski definition) is 0. The molecule has 2 aromatic carbocycles. The van der Waals surface area contributed by atoms with Gasteiger partial charge < -0.3 is 4.74 Å². The van der Waals surface area contributed by atoms with Crippen LogP contribution in [0.2, 0.25) is 0 Å². The largest absolute Gasteiger partial charge is 0.416 e. The lowest BCUT2D eigenvalue weighted by Crippen LogP contribution is -2.24. The molecule has 2 aromatic rings. The van der Waals surface area contributed by atoms with Crippen molar-refractivity contribution in [2.45, 2.75) is 51.1 Å². The fourth-order valence-electron chi connectivity index (χ4n) is 3.26. The summed E-state index contributed by atoms with van der Waals surface area (Å²) in [6.07, 6.45) is 3.63. The molecule has 2 nitrogen and oxygen atoms in total. The molecule has 3 rings (SSSR count). The number of hydrogen-bond acceptors (Lipinski definition) is 2. The van der Waals surface area contributed by atoms with Gasteiger partial charge in [0.15, 0.2) is 23.1 Å². The molecule has 7 heteroatoms. The maximum atomic E-state index is 15.0. The minimum absolute atomic E-state index is 0.0426. The van der Waals surface area contributed by atoms with Gasteiger partial charge in [-0.15, -0.1) is 0 Å². The van der Waals surface area contributed by atoms with Crippen LogP contribution in [0.4, 0.5) is 22.0 Å². The first kappa shape index (κ1) is 21.8. The quantitative estimate of drug-likeness (QED) is 0.151. The normalized spacial score (nSPS) is 18.7. The summed E-state index contributed by atoms with van der Waals surface area (Å²) in [4.78, 5) is 12.2. The molecule has 0 heterocycles. The fraction of sp³-hybridized carbons (Fsp3) is 0.348. The van der Waals surface area contributed by atoms with Crippen LogP contribution < -0.4 is 4.74 Å². The van der Waals surface area contributed by atoms with Crippen LogP contribution in [0.25, 0.3) is 0 Å². The van der Waals surface area contributed by atoms with E-state index in [0.29, 0.717) is 18.4 Å². The van der Waals surface area contributed by atoms with E-state index in [1.54, 1.807) is 0 Å². The van der Waals surface area contributed by atoms with Crippen molar-refractivity contribution in [1.29, 1.82) is 0 Å². The van der Waals surface area contributed by atoms with Crippen molar-refractivity contribution in [3.8, 4) is 17.6 Å². The zero-order chi connectivity index (χ0) is 21.9. The Morgan fingerprint density at radius 1 is 1.00 bits per heavy atom. The summed E-state index contributed by atoms with van der Waals surface area (Å²) in [5.74, 6) is -3.98. The van der Waals surface area contributed by atoms with E-state index < -0.39 is 46.2 Å². The Balaban J connectivity index is 1.76. The molecule has 0 saturated carbocycles. The predicted molar refractivity (Wildman–Crippen MR) is 101 cm³/mol. The first-order valence-corrected chi connectivity index (χ1v) is 9.54. The van der Waals surface area contributed by atoms with Gasteiger partial charge in [-0.2, -0.15) is 4.39 Å². The number of halogens is 5. The average Bonchev–Trinajstić information content (AvgIpc) is 2.72. The molecule has 1 unspecified atom stereocenters. The lowest BCUT2D eigenvalue weighted by Gasteiger charge is -2.21. The number of rotatable bonds is 4. The lowest BCUT2D eigenvalue weighted by atomic mass is 9.89. The Hall–Kier alpha value is -2.88. The van der Waals surface area contributed by atoms with E-state index in [0.717, 1.165) is 26.2 Å². The van der Waals surface area contributed by atoms with Crippen LogP contribution in [0.1, 0.15) is 53.6 Å². The molecule has 0 aromatic heterocycles. The number of carbonyl (C=O) groups is 1. The highest BCUT2D eigenvalue weighted by Crippen LogP contribution is 2.30. The van der Waals surface area contributed by atoms with Gasteiger partial charge in [-0.1, -0.05) is 30.4 Å². The molecule has 158 valence electrons. The highest BCUT2D eigenvalue weighted by atomic mass is 19.2. The Morgan fingerprint density at radius 3 is 2.40 bits per heavy atom. The summed E-state index contributed by atoms with van der Waals surface area (Å²) < 4.78 is 74.4. The first-order valence-electron chi connectivity index (χ1n) is 9.54. The summed E-state index contributed by atoms with van der Waals surface area (Å²) in [5, 5.41) is 0. The highest BCUT2D eigenvalue weighted by molar-refractivity contribution is 5.91. The van der Waals surface area contributed by atoms with Crippen molar-refractivity contribution >= 4 is 5.97 Å². The van der Waals surface area contributed by atoms with Crippen molar-refractivity contribution < 1.29 is 31.5 Å². The summed E-state index contributed by atoms with van der Waals surface area (Å²) in [6, 6.07) is 5.59. The molecule has 1 aliphatic carbocycles. The van der Waals surface area contributed by atoms with E-state index in [2.05, 4.69) is 16.6 Å². The summed E-state index contributed by atoms with van der Waals surface area (Å²) in [5.41, 5.74) is -1.96. The molecule has 0 amide bonds. The second kappa shape index (κ2) is 8.86. The van der Waals surface area contributed by atoms with Crippen molar-refractivity contribution in [2.75, 3.05) is 0 Å². The molecular formula is C23H19F5O2. The zero-order valence-corrected chi connectivity index (χ0v) is 16.3. The van der Waals surface area contributed by atoms with Crippen molar-refractivity contribution in [3.63, 3.8) is 0 Å². The SMILES string of the molecule is Cc1c(F)c(F)c(F)c(OC(=O)c2ccc(CC3(F)C#CCCCCC3)cc2)c1F. The minimum atomic E-state index is -1.93. The van der Waals surface area contributed by atoms with Gasteiger partial charge in [-0.3, -0.25) is 0 Å². The predicted octanol–water partition coefficient (Wildman–Crippen LogP) is 5.99. The third-order valence-electron chi connectivity index (χ3n) is 5.00. The summed E-state index contributed by atoms with van der Waals surface area (Å²) >= 11 is 0. The van der Waals surface area contributed by atoms with Crippen molar-refractivity contribution in [1.82, 2.24) is 0 Å². The van der Waals surface area contributed by atoms with Crippen LogP contribution in [-0.2, 0) is 6.42 Å². The van der Waals surface area contributed by atoms with Crippen LogP contribution in [0, 0.1) is 42.0 Å². The molecule has 0 radical (unpaired) electrons. The molecular weight excluding hydrogens is 403 g/mol. The van der Waals surface area contributed by atoms with Crippen LogP contribution in [0.3, 0.4) is 0 Å². The molecule has 0 N–H and O–H groups in total. The second-order valence-electron chi connectivity index (χ2n) is 7.30. The number of benzene rings is 2. The van der Waals surface area contributed by atoms with Crippen molar-refractivity contribution in [3.05, 3.63) is 64.2 Å². The number of alkyl halides is 1. The van der Waals surface area contributed by atoms with E-state index in [-0.39, 0.29) is 12.0 Å². The molecule has 1 atom stereocenters. The van der Waals surface area contributed by atoms with Gasteiger partial charge in [0.2, 0.25) is 11.6 Å². The fourth-order valence-corrected chi connectivity index (χ4v) is 3.26. The topological polar surface area (TPSA) is 26.3 Å². The van der Waals surface area contributed by atoms with Gasteiger partial charge >= 0.3 is 5.97 Å².